The number of halogens is 1. The molecule has 1 aliphatic heterocycles. The van der Waals surface area contributed by atoms with Crippen LogP contribution in [-0.2, 0) is 11.3 Å². The fourth-order valence-electron chi connectivity index (χ4n) is 2.88. The van der Waals surface area contributed by atoms with E-state index in [1.807, 2.05) is 0 Å². The zero-order valence-electron chi connectivity index (χ0n) is 13.6. The Morgan fingerprint density at radius 3 is 3.00 bits per heavy atom. The minimum atomic E-state index is -0.310. The molecule has 2 aromatic rings. The number of anilines is 1. The van der Waals surface area contributed by atoms with Crippen molar-refractivity contribution in [3.05, 3.63) is 47.4 Å². The van der Waals surface area contributed by atoms with E-state index in [2.05, 4.69) is 15.3 Å². The molecule has 1 atom stereocenters. The van der Waals surface area contributed by atoms with Gasteiger partial charge in [-0.3, -0.25) is 4.79 Å². The largest absolute Gasteiger partial charge is 0.481 e. The highest BCUT2D eigenvalue weighted by atomic mass is 19.1. The Kier molecular flexibility index (Phi) is 4.59. The molecule has 7 heteroatoms. The summed E-state index contributed by atoms with van der Waals surface area (Å²) >= 11 is 0. The van der Waals surface area contributed by atoms with Crippen molar-refractivity contribution in [2.45, 2.75) is 25.9 Å². The molecule has 24 heavy (non-hydrogen) atoms. The Morgan fingerprint density at radius 2 is 2.25 bits per heavy atom. The third kappa shape index (κ3) is 3.45. The number of carbonyl (C=O) groups excluding carboxylic acids is 1. The van der Waals surface area contributed by atoms with E-state index in [1.165, 1.54) is 19.1 Å². The van der Waals surface area contributed by atoms with E-state index >= 15 is 0 Å². The van der Waals surface area contributed by atoms with Gasteiger partial charge in [-0.05, 0) is 29.7 Å². The summed E-state index contributed by atoms with van der Waals surface area (Å²) in [6.45, 7) is 2.50. The van der Waals surface area contributed by atoms with E-state index in [0.717, 1.165) is 11.1 Å². The van der Waals surface area contributed by atoms with Crippen LogP contribution in [0.3, 0.4) is 0 Å². The van der Waals surface area contributed by atoms with Gasteiger partial charge in [-0.2, -0.15) is 4.98 Å². The van der Waals surface area contributed by atoms with Crippen molar-refractivity contribution in [2.75, 3.05) is 19.0 Å². The van der Waals surface area contributed by atoms with Gasteiger partial charge in [-0.25, -0.2) is 9.37 Å². The molecule has 0 unspecified atom stereocenters. The summed E-state index contributed by atoms with van der Waals surface area (Å²) in [4.78, 5) is 21.9. The second-order valence-corrected chi connectivity index (χ2v) is 5.69. The molecule has 126 valence electrons. The van der Waals surface area contributed by atoms with Gasteiger partial charge in [0.05, 0.1) is 13.2 Å². The molecular weight excluding hydrogens is 311 g/mol. The van der Waals surface area contributed by atoms with Gasteiger partial charge in [0, 0.05) is 32.3 Å². The molecule has 6 nitrogen and oxygen atoms in total. The van der Waals surface area contributed by atoms with Crippen molar-refractivity contribution in [3.8, 4) is 5.88 Å². The third-order valence-corrected chi connectivity index (χ3v) is 4.12. The second kappa shape index (κ2) is 6.82. The lowest BCUT2D eigenvalue weighted by Gasteiger charge is -2.19. The first-order valence-corrected chi connectivity index (χ1v) is 7.74. The Morgan fingerprint density at radius 1 is 1.42 bits per heavy atom. The average Bonchev–Trinajstić information content (AvgIpc) is 2.74. The lowest BCUT2D eigenvalue weighted by Crippen LogP contribution is -2.28. The van der Waals surface area contributed by atoms with Crippen LogP contribution < -0.4 is 10.1 Å². The third-order valence-electron chi connectivity index (χ3n) is 4.12. The fourth-order valence-corrected chi connectivity index (χ4v) is 2.88. The van der Waals surface area contributed by atoms with Gasteiger partial charge in [0.2, 0.25) is 17.7 Å². The highest BCUT2D eigenvalue weighted by Gasteiger charge is 2.24. The summed E-state index contributed by atoms with van der Waals surface area (Å²) in [5.41, 5.74) is 1.75. The van der Waals surface area contributed by atoms with E-state index < -0.39 is 0 Å². The van der Waals surface area contributed by atoms with Gasteiger partial charge in [0.25, 0.3) is 0 Å². The maximum Gasteiger partial charge on any atom is 0.226 e. The lowest BCUT2D eigenvalue weighted by atomic mass is 9.99. The van der Waals surface area contributed by atoms with Gasteiger partial charge in [-0.1, -0.05) is 6.07 Å². The Hall–Kier alpha value is -2.70. The zero-order valence-corrected chi connectivity index (χ0v) is 13.6. The van der Waals surface area contributed by atoms with E-state index in [0.29, 0.717) is 31.3 Å². The SMILES string of the molecule is COc1ccnc(N[C@H]2CCN(C(C)=O)Cc3cc(F)ccc32)n1. The predicted molar refractivity (Wildman–Crippen MR) is 87.1 cm³/mol. The highest BCUT2D eigenvalue weighted by molar-refractivity contribution is 5.73. The number of fused-ring (bicyclic) bond motifs is 1. The zero-order chi connectivity index (χ0) is 17.1. The van der Waals surface area contributed by atoms with Crippen LogP contribution >= 0.6 is 0 Å². The fraction of sp³-hybridized carbons (Fsp3) is 0.353. The molecule has 1 aromatic carbocycles. The van der Waals surface area contributed by atoms with E-state index in [1.54, 1.807) is 30.3 Å². The first-order valence-electron chi connectivity index (χ1n) is 7.74. The Balaban J connectivity index is 1.91. The molecule has 0 aliphatic carbocycles. The topological polar surface area (TPSA) is 67.3 Å². The number of ether oxygens (including phenoxy) is 1. The van der Waals surface area contributed by atoms with Crippen molar-refractivity contribution in [3.63, 3.8) is 0 Å². The van der Waals surface area contributed by atoms with E-state index in [9.17, 15) is 9.18 Å². The molecule has 0 saturated carbocycles. The van der Waals surface area contributed by atoms with Gasteiger partial charge in [0.15, 0.2) is 0 Å². The van der Waals surface area contributed by atoms with E-state index in [-0.39, 0.29) is 17.8 Å². The number of nitrogens with zero attached hydrogens (tertiary/aromatic N) is 3. The Labute approximate surface area is 139 Å². The molecule has 0 fully saturated rings. The summed E-state index contributed by atoms with van der Waals surface area (Å²) in [6, 6.07) is 6.23. The van der Waals surface area contributed by atoms with Crippen molar-refractivity contribution in [1.82, 2.24) is 14.9 Å². The summed E-state index contributed by atoms with van der Waals surface area (Å²) in [7, 11) is 1.54. The first kappa shape index (κ1) is 16.2. The van der Waals surface area contributed by atoms with Gasteiger partial charge >= 0.3 is 0 Å². The van der Waals surface area contributed by atoms with Crippen LogP contribution in [-0.4, -0.2) is 34.4 Å². The van der Waals surface area contributed by atoms with Crippen LogP contribution in [0.5, 0.6) is 5.88 Å². The summed E-state index contributed by atoms with van der Waals surface area (Å²) in [5, 5.41) is 3.27. The van der Waals surface area contributed by atoms with Crippen LogP contribution in [0.2, 0.25) is 0 Å². The monoisotopic (exact) mass is 330 g/mol. The van der Waals surface area contributed by atoms with E-state index in [4.69, 9.17) is 4.74 Å². The standard InChI is InChI=1S/C17H19FN4O2/c1-11(23)22-8-6-15(14-4-3-13(18)9-12(14)10-22)20-17-19-7-5-16(21-17)24-2/h3-5,7,9,15H,6,8,10H2,1-2H3,(H,19,20,21)/t15-/m0/s1. The number of amides is 1. The van der Waals surface area contributed by atoms with Crippen LogP contribution in [0.15, 0.2) is 30.5 Å². The molecule has 0 bridgehead atoms. The van der Waals surface area contributed by atoms with Crippen LogP contribution in [0.1, 0.15) is 30.5 Å². The molecule has 3 rings (SSSR count). The maximum atomic E-state index is 13.6. The molecule has 1 N–H and O–H groups in total. The van der Waals surface area contributed by atoms with Crippen molar-refractivity contribution >= 4 is 11.9 Å². The number of carbonyl (C=O) groups is 1. The molecule has 1 aliphatic rings. The summed E-state index contributed by atoms with van der Waals surface area (Å²) < 4.78 is 18.8. The molecule has 2 heterocycles. The second-order valence-electron chi connectivity index (χ2n) is 5.69. The average molecular weight is 330 g/mol. The number of benzene rings is 1. The molecule has 0 radical (unpaired) electrons. The number of nitrogens with one attached hydrogen (secondary N) is 1. The van der Waals surface area contributed by atoms with Crippen molar-refractivity contribution < 1.29 is 13.9 Å². The number of aromatic nitrogens is 2. The van der Waals surface area contributed by atoms with Crippen molar-refractivity contribution in [2.24, 2.45) is 0 Å². The smallest absolute Gasteiger partial charge is 0.226 e. The van der Waals surface area contributed by atoms with Gasteiger partial charge < -0.3 is 15.0 Å². The number of hydrogen-bond donors (Lipinski definition) is 1. The molecule has 1 aromatic heterocycles. The Bertz CT molecular complexity index is 753. The van der Waals surface area contributed by atoms with Gasteiger partial charge in [-0.15, -0.1) is 0 Å². The van der Waals surface area contributed by atoms with Gasteiger partial charge in [0.1, 0.15) is 5.82 Å². The van der Waals surface area contributed by atoms with Crippen LogP contribution in [0.4, 0.5) is 10.3 Å². The lowest BCUT2D eigenvalue weighted by molar-refractivity contribution is -0.129. The number of methoxy groups -OCH3 is 1. The molecule has 0 saturated heterocycles. The summed E-state index contributed by atoms with van der Waals surface area (Å²) in [6.07, 6.45) is 2.29. The van der Waals surface area contributed by atoms with Crippen LogP contribution in [0, 0.1) is 5.82 Å². The molecular formula is C17H19FN4O2. The summed E-state index contributed by atoms with van der Waals surface area (Å²) in [5.74, 6) is 0.565. The minimum absolute atomic E-state index is 0.0245. The number of rotatable bonds is 3. The maximum absolute atomic E-state index is 13.6. The normalized spacial score (nSPS) is 17.0. The van der Waals surface area contributed by atoms with Crippen LogP contribution in [0.25, 0.3) is 0 Å². The molecule has 1 amide bonds. The minimum Gasteiger partial charge on any atom is -0.481 e. The predicted octanol–water partition coefficient (Wildman–Crippen LogP) is 2.53. The highest BCUT2D eigenvalue weighted by Crippen LogP contribution is 2.30. The molecule has 0 spiro atoms. The first-order chi connectivity index (χ1) is 11.6. The number of hydrogen-bond acceptors (Lipinski definition) is 5. The quantitative estimate of drug-likeness (QED) is 0.937. The van der Waals surface area contributed by atoms with Crippen molar-refractivity contribution in [1.29, 1.82) is 0 Å².